The van der Waals surface area contributed by atoms with E-state index in [1.54, 1.807) is 0 Å². The predicted octanol–water partition coefficient (Wildman–Crippen LogP) is 0.222. The Kier molecular flexibility index (Phi) is 4.11. The van der Waals surface area contributed by atoms with Gasteiger partial charge >= 0.3 is 0 Å². The van der Waals surface area contributed by atoms with Gasteiger partial charge in [0, 0.05) is 24.3 Å². The molecule has 0 saturated carbocycles. The highest BCUT2D eigenvalue weighted by atomic mass is 32.1. The van der Waals surface area contributed by atoms with Crippen LogP contribution in [-0.2, 0) is 4.74 Å². The molecule has 0 aromatic carbocycles. The van der Waals surface area contributed by atoms with Crippen molar-refractivity contribution in [2.24, 2.45) is 5.73 Å². The number of anilines is 1. The summed E-state index contributed by atoms with van der Waals surface area (Å²) in [5.41, 5.74) is 7.35. The molecule has 5 nitrogen and oxygen atoms in total. The molecular weight excluding hydrogens is 250 g/mol. The second-order valence-electron chi connectivity index (χ2n) is 4.34. The molecule has 6 heteroatoms. The molecule has 0 amide bonds. The maximum absolute atomic E-state index is 9.14. The molecule has 1 aromatic heterocycles. The van der Waals surface area contributed by atoms with E-state index in [1.165, 1.54) is 0 Å². The van der Waals surface area contributed by atoms with Crippen LogP contribution in [0.1, 0.15) is 11.3 Å². The van der Waals surface area contributed by atoms with Crippen LogP contribution in [0.4, 0.5) is 5.82 Å². The van der Waals surface area contributed by atoms with E-state index >= 15 is 0 Å². The quantitative estimate of drug-likeness (QED) is 0.764. The molecule has 1 atom stereocenters. The summed E-state index contributed by atoms with van der Waals surface area (Å²) < 4.78 is 5.42. The smallest absolute Gasteiger partial charge is 0.129 e. The lowest BCUT2D eigenvalue weighted by Crippen LogP contribution is -2.44. The standard InChI is InChI=1S/C12H17N3O2S/c1-8-4-9(12(13)18)5-11(14-8)15-2-3-17-10(6-15)7-16/h4-5,10,16H,2-3,6-7H2,1H3,(H2,13,18). The second-order valence-corrected chi connectivity index (χ2v) is 4.78. The van der Waals surface area contributed by atoms with Crippen molar-refractivity contribution in [3.8, 4) is 0 Å². The van der Waals surface area contributed by atoms with Crippen molar-refractivity contribution in [1.82, 2.24) is 4.98 Å². The van der Waals surface area contributed by atoms with Crippen LogP contribution < -0.4 is 10.6 Å². The van der Waals surface area contributed by atoms with Crippen LogP contribution in [-0.4, -0.2) is 47.5 Å². The van der Waals surface area contributed by atoms with Crippen LogP contribution in [0.5, 0.6) is 0 Å². The third kappa shape index (κ3) is 2.95. The Balaban J connectivity index is 2.24. The van der Waals surface area contributed by atoms with Crippen molar-refractivity contribution in [2.75, 3.05) is 31.2 Å². The number of hydrogen-bond acceptors (Lipinski definition) is 5. The van der Waals surface area contributed by atoms with Crippen molar-refractivity contribution in [3.63, 3.8) is 0 Å². The van der Waals surface area contributed by atoms with Gasteiger partial charge in [-0.1, -0.05) is 12.2 Å². The van der Waals surface area contributed by atoms with Gasteiger partial charge in [-0.3, -0.25) is 0 Å². The average molecular weight is 267 g/mol. The second kappa shape index (κ2) is 5.60. The predicted molar refractivity (Wildman–Crippen MR) is 73.9 cm³/mol. The Morgan fingerprint density at radius 3 is 3.11 bits per heavy atom. The van der Waals surface area contributed by atoms with Gasteiger partial charge in [0.05, 0.1) is 19.3 Å². The molecule has 2 heterocycles. The first-order valence-electron chi connectivity index (χ1n) is 5.86. The van der Waals surface area contributed by atoms with E-state index < -0.39 is 0 Å². The van der Waals surface area contributed by atoms with E-state index in [1.807, 2.05) is 19.1 Å². The molecule has 1 saturated heterocycles. The molecule has 1 aliphatic heterocycles. The van der Waals surface area contributed by atoms with E-state index in [0.29, 0.717) is 18.1 Å². The number of rotatable bonds is 3. The summed E-state index contributed by atoms with van der Waals surface area (Å²) >= 11 is 5.00. The summed E-state index contributed by atoms with van der Waals surface area (Å²) in [5.74, 6) is 0.833. The van der Waals surface area contributed by atoms with E-state index in [2.05, 4.69) is 9.88 Å². The van der Waals surface area contributed by atoms with Crippen molar-refractivity contribution in [3.05, 3.63) is 23.4 Å². The van der Waals surface area contributed by atoms with E-state index in [0.717, 1.165) is 23.6 Å². The van der Waals surface area contributed by atoms with E-state index in [4.69, 9.17) is 27.8 Å². The topological polar surface area (TPSA) is 71.6 Å². The molecule has 0 aliphatic carbocycles. The fourth-order valence-electron chi connectivity index (χ4n) is 1.99. The molecule has 0 spiro atoms. The van der Waals surface area contributed by atoms with Crippen molar-refractivity contribution in [1.29, 1.82) is 0 Å². The van der Waals surface area contributed by atoms with Crippen LogP contribution in [0.2, 0.25) is 0 Å². The number of aromatic nitrogens is 1. The number of pyridine rings is 1. The SMILES string of the molecule is Cc1cc(C(N)=S)cc(N2CCOC(CO)C2)n1. The zero-order valence-electron chi connectivity index (χ0n) is 10.3. The lowest BCUT2D eigenvalue weighted by Gasteiger charge is -2.33. The maximum atomic E-state index is 9.14. The summed E-state index contributed by atoms with van der Waals surface area (Å²) in [7, 11) is 0. The van der Waals surface area contributed by atoms with Gasteiger partial charge in [0.15, 0.2) is 0 Å². The average Bonchev–Trinajstić information content (AvgIpc) is 2.38. The fraction of sp³-hybridized carbons (Fsp3) is 0.500. The molecule has 1 fully saturated rings. The molecule has 98 valence electrons. The number of thiocarbonyl (C=S) groups is 1. The first-order chi connectivity index (χ1) is 8.60. The fourth-order valence-corrected chi connectivity index (χ4v) is 2.11. The number of aliphatic hydroxyl groups is 1. The number of hydrogen-bond donors (Lipinski definition) is 2. The van der Waals surface area contributed by atoms with Gasteiger partial charge in [0.25, 0.3) is 0 Å². The van der Waals surface area contributed by atoms with Crippen LogP contribution in [0.15, 0.2) is 12.1 Å². The van der Waals surface area contributed by atoms with Gasteiger partial charge in [-0.05, 0) is 19.1 Å². The summed E-state index contributed by atoms with van der Waals surface area (Å²) in [5, 5.41) is 9.14. The number of aliphatic hydroxyl groups excluding tert-OH is 1. The number of nitrogens with two attached hydrogens (primary N) is 1. The summed E-state index contributed by atoms with van der Waals surface area (Å²) in [6, 6.07) is 3.75. The Bertz CT molecular complexity index is 453. The van der Waals surface area contributed by atoms with Gasteiger partial charge in [0.2, 0.25) is 0 Å². The molecule has 0 radical (unpaired) electrons. The van der Waals surface area contributed by atoms with Gasteiger partial charge in [-0.15, -0.1) is 0 Å². The van der Waals surface area contributed by atoms with Crippen molar-refractivity contribution >= 4 is 23.0 Å². The monoisotopic (exact) mass is 267 g/mol. The highest BCUT2D eigenvalue weighted by Gasteiger charge is 2.21. The number of nitrogens with zero attached hydrogens (tertiary/aromatic N) is 2. The third-order valence-corrected chi connectivity index (χ3v) is 3.13. The molecule has 1 aliphatic rings. The van der Waals surface area contributed by atoms with Gasteiger partial charge in [0.1, 0.15) is 10.8 Å². The lowest BCUT2D eigenvalue weighted by molar-refractivity contribution is 0.00335. The largest absolute Gasteiger partial charge is 0.394 e. The zero-order chi connectivity index (χ0) is 13.1. The van der Waals surface area contributed by atoms with Gasteiger partial charge in [-0.25, -0.2) is 4.98 Å². The minimum absolute atomic E-state index is 0.0183. The third-order valence-electron chi connectivity index (χ3n) is 2.89. The van der Waals surface area contributed by atoms with Crippen LogP contribution in [0, 0.1) is 6.92 Å². The van der Waals surface area contributed by atoms with Crippen molar-refractivity contribution in [2.45, 2.75) is 13.0 Å². The van der Waals surface area contributed by atoms with E-state index in [-0.39, 0.29) is 12.7 Å². The number of ether oxygens (including phenoxy) is 1. The zero-order valence-corrected chi connectivity index (χ0v) is 11.1. The molecule has 0 bridgehead atoms. The van der Waals surface area contributed by atoms with Gasteiger partial charge < -0.3 is 20.5 Å². The molecule has 2 rings (SSSR count). The Morgan fingerprint density at radius 2 is 2.44 bits per heavy atom. The summed E-state index contributed by atoms with van der Waals surface area (Å²) in [6.45, 7) is 3.90. The van der Waals surface area contributed by atoms with Crippen LogP contribution >= 0.6 is 12.2 Å². The summed E-state index contributed by atoms with van der Waals surface area (Å²) in [4.78, 5) is 6.93. The minimum atomic E-state index is -0.158. The number of morpholine rings is 1. The Morgan fingerprint density at radius 1 is 1.67 bits per heavy atom. The Labute approximate surface area is 112 Å². The van der Waals surface area contributed by atoms with Crippen LogP contribution in [0.3, 0.4) is 0 Å². The van der Waals surface area contributed by atoms with Crippen LogP contribution in [0.25, 0.3) is 0 Å². The first-order valence-corrected chi connectivity index (χ1v) is 6.27. The highest BCUT2D eigenvalue weighted by Crippen LogP contribution is 2.18. The molecule has 1 unspecified atom stereocenters. The van der Waals surface area contributed by atoms with Crippen molar-refractivity contribution < 1.29 is 9.84 Å². The molecule has 18 heavy (non-hydrogen) atoms. The normalized spacial score (nSPS) is 19.9. The van der Waals surface area contributed by atoms with E-state index in [9.17, 15) is 0 Å². The minimum Gasteiger partial charge on any atom is -0.394 e. The molecule has 1 aromatic rings. The number of aryl methyl sites for hydroxylation is 1. The Hall–Kier alpha value is -1.24. The maximum Gasteiger partial charge on any atom is 0.129 e. The van der Waals surface area contributed by atoms with Gasteiger partial charge in [-0.2, -0.15) is 0 Å². The lowest BCUT2D eigenvalue weighted by atomic mass is 10.2. The summed E-state index contributed by atoms with van der Waals surface area (Å²) in [6.07, 6.45) is -0.158. The molecular formula is C12H17N3O2S. The highest BCUT2D eigenvalue weighted by molar-refractivity contribution is 7.80. The molecule has 3 N–H and O–H groups in total. The first kappa shape index (κ1) is 13.2.